The van der Waals surface area contributed by atoms with Gasteiger partial charge in [-0.3, -0.25) is 4.79 Å². The van der Waals surface area contributed by atoms with E-state index in [4.69, 9.17) is 17.1 Å². The number of aromatic nitrogens is 2. The number of halogens is 1. The van der Waals surface area contributed by atoms with Crippen LogP contribution in [0.25, 0.3) is 21.7 Å². The summed E-state index contributed by atoms with van der Waals surface area (Å²) in [4.78, 5) is 20.8. The molecule has 1 N–H and O–H groups in total. The molecule has 1 aromatic heterocycles. The van der Waals surface area contributed by atoms with E-state index >= 15 is 0 Å². The summed E-state index contributed by atoms with van der Waals surface area (Å²) in [7, 11) is 0. The van der Waals surface area contributed by atoms with Crippen LogP contribution in [0.4, 0.5) is 5.95 Å². The van der Waals surface area contributed by atoms with Gasteiger partial charge in [-0.15, -0.1) is 0 Å². The van der Waals surface area contributed by atoms with E-state index in [1.165, 1.54) is 0 Å². The minimum atomic E-state index is -0.359. The van der Waals surface area contributed by atoms with E-state index in [1.54, 1.807) is 31.2 Å². The van der Waals surface area contributed by atoms with Crippen molar-refractivity contribution in [2.75, 3.05) is 0 Å². The summed E-state index contributed by atoms with van der Waals surface area (Å²) in [5.41, 5.74) is 9.46. The third-order valence-electron chi connectivity index (χ3n) is 2.41. The maximum atomic E-state index is 11.7. The number of benzene rings is 1. The van der Waals surface area contributed by atoms with Gasteiger partial charge in [0.25, 0.3) is 5.56 Å². The molecule has 0 amide bonds. The zero-order chi connectivity index (χ0) is 13.1. The lowest BCUT2D eigenvalue weighted by atomic mass is 10.1. The molecule has 0 saturated carbocycles. The normalized spacial score (nSPS) is 9.89. The third kappa shape index (κ3) is 2.20. The first-order valence-corrected chi connectivity index (χ1v) is 5.42. The van der Waals surface area contributed by atoms with E-state index in [0.29, 0.717) is 21.8 Å². The van der Waals surface area contributed by atoms with Gasteiger partial charge in [-0.1, -0.05) is 29.8 Å². The van der Waals surface area contributed by atoms with E-state index in [0.717, 1.165) is 0 Å². The van der Waals surface area contributed by atoms with Crippen LogP contribution in [0, 0.1) is 6.92 Å². The number of rotatable bonds is 2. The molecule has 0 bridgehead atoms. The summed E-state index contributed by atoms with van der Waals surface area (Å²) in [5.74, 6) is -0.0805. The van der Waals surface area contributed by atoms with Gasteiger partial charge in [-0.05, 0) is 23.6 Å². The van der Waals surface area contributed by atoms with Crippen LogP contribution in [-0.2, 0) is 0 Å². The first kappa shape index (κ1) is 12.2. The number of hydrogen-bond donors (Lipinski definition) is 1. The lowest BCUT2D eigenvalue weighted by Crippen LogP contribution is -2.12. The highest BCUT2D eigenvalue weighted by atomic mass is 35.5. The van der Waals surface area contributed by atoms with Crippen LogP contribution in [-0.4, -0.2) is 9.97 Å². The second kappa shape index (κ2) is 4.91. The Morgan fingerprint density at radius 3 is 2.83 bits per heavy atom. The van der Waals surface area contributed by atoms with Crippen molar-refractivity contribution in [1.82, 2.24) is 9.97 Å². The van der Waals surface area contributed by atoms with Gasteiger partial charge >= 0.3 is 0 Å². The summed E-state index contributed by atoms with van der Waals surface area (Å²) < 4.78 is 0. The van der Waals surface area contributed by atoms with E-state index in [2.05, 4.69) is 20.0 Å². The molecular formula is C11H8ClN5O. The van der Waals surface area contributed by atoms with E-state index < -0.39 is 0 Å². The van der Waals surface area contributed by atoms with Crippen LogP contribution in [0.15, 0.2) is 34.2 Å². The Morgan fingerprint density at radius 2 is 2.17 bits per heavy atom. The van der Waals surface area contributed by atoms with Crippen molar-refractivity contribution >= 4 is 17.5 Å². The lowest BCUT2D eigenvalue weighted by Gasteiger charge is -2.06. The van der Waals surface area contributed by atoms with Crippen molar-refractivity contribution in [3.63, 3.8) is 0 Å². The summed E-state index contributed by atoms with van der Waals surface area (Å²) in [6.45, 7) is 1.63. The SMILES string of the molecule is Cc1c(-c2ccccc2Cl)nc(N=[N+]=[N-])[nH]c1=O. The first-order valence-electron chi connectivity index (χ1n) is 5.04. The predicted molar refractivity (Wildman–Crippen MR) is 68.8 cm³/mol. The Kier molecular flexibility index (Phi) is 3.32. The minimum Gasteiger partial charge on any atom is -0.305 e. The molecule has 0 atom stereocenters. The second-order valence-corrected chi connectivity index (χ2v) is 3.94. The first-order chi connectivity index (χ1) is 8.63. The van der Waals surface area contributed by atoms with Crippen molar-refractivity contribution < 1.29 is 0 Å². The highest BCUT2D eigenvalue weighted by Crippen LogP contribution is 2.27. The molecule has 0 fully saturated rings. The van der Waals surface area contributed by atoms with Crippen molar-refractivity contribution in [1.29, 1.82) is 0 Å². The average Bonchev–Trinajstić information content (AvgIpc) is 2.35. The minimum absolute atomic E-state index is 0.0805. The zero-order valence-electron chi connectivity index (χ0n) is 9.38. The molecule has 90 valence electrons. The van der Waals surface area contributed by atoms with Crippen LogP contribution in [0.5, 0.6) is 0 Å². The van der Waals surface area contributed by atoms with Crippen molar-refractivity contribution in [3.05, 3.63) is 55.6 Å². The smallest absolute Gasteiger partial charge is 0.254 e. The van der Waals surface area contributed by atoms with Gasteiger partial charge < -0.3 is 4.98 Å². The van der Waals surface area contributed by atoms with E-state index in [1.807, 2.05) is 0 Å². The Labute approximate surface area is 107 Å². The van der Waals surface area contributed by atoms with Crippen molar-refractivity contribution in [2.45, 2.75) is 6.92 Å². The largest absolute Gasteiger partial charge is 0.305 e. The quantitative estimate of drug-likeness (QED) is 0.510. The van der Waals surface area contributed by atoms with Crippen LogP contribution < -0.4 is 5.56 Å². The fourth-order valence-electron chi connectivity index (χ4n) is 1.53. The van der Waals surface area contributed by atoms with Gasteiger partial charge in [-0.2, -0.15) is 0 Å². The maximum Gasteiger partial charge on any atom is 0.254 e. The average molecular weight is 262 g/mol. The molecule has 2 aromatic rings. The number of nitrogens with zero attached hydrogens (tertiary/aromatic N) is 4. The highest BCUT2D eigenvalue weighted by Gasteiger charge is 2.11. The van der Waals surface area contributed by atoms with Crippen molar-refractivity contribution in [3.8, 4) is 11.3 Å². The standard InChI is InChI=1S/C11H8ClN5O/c1-6-9(7-4-2-3-5-8(7)12)14-11(16-17-13)15-10(6)18/h2-5H,1H3,(H,14,15,18). The fourth-order valence-corrected chi connectivity index (χ4v) is 1.75. The number of hydrogen-bond acceptors (Lipinski definition) is 3. The van der Waals surface area contributed by atoms with E-state index in [-0.39, 0.29) is 11.5 Å². The summed E-state index contributed by atoms with van der Waals surface area (Å²) in [5, 5.41) is 3.77. The summed E-state index contributed by atoms with van der Waals surface area (Å²) in [6.07, 6.45) is 0. The molecule has 0 radical (unpaired) electrons. The Morgan fingerprint density at radius 1 is 1.44 bits per heavy atom. The molecule has 2 rings (SSSR count). The summed E-state index contributed by atoms with van der Waals surface area (Å²) >= 11 is 6.06. The molecule has 0 spiro atoms. The van der Waals surface area contributed by atoms with Gasteiger partial charge in [0.05, 0.1) is 5.69 Å². The van der Waals surface area contributed by atoms with Gasteiger partial charge in [0, 0.05) is 21.1 Å². The molecule has 0 aliphatic heterocycles. The molecular weight excluding hydrogens is 254 g/mol. The molecule has 1 heterocycles. The molecule has 0 saturated heterocycles. The Hall–Kier alpha value is -2.30. The third-order valence-corrected chi connectivity index (χ3v) is 2.74. The van der Waals surface area contributed by atoms with Gasteiger partial charge in [0.1, 0.15) is 0 Å². The van der Waals surface area contributed by atoms with Gasteiger partial charge in [0.2, 0.25) is 0 Å². The van der Waals surface area contributed by atoms with Gasteiger partial charge in [-0.25, -0.2) is 4.98 Å². The topological polar surface area (TPSA) is 94.5 Å². The van der Waals surface area contributed by atoms with Crippen LogP contribution in [0.3, 0.4) is 0 Å². The maximum absolute atomic E-state index is 11.7. The van der Waals surface area contributed by atoms with Crippen molar-refractivity contribution in [2.24, 2.45) is 5.11 Å². The molecule has 18 heavy (non-hydrogen) atoms. The van der Waals surface area contributed by atoms with Crippen LogP contribution >= 0.6 is 11.6 Å². The molecule has 0 aliphatic rings. The predicted octanol–water partition coefficient (Wildman–Crippen LogP) is 3.34. The fraction of sp³-hybridized carbons (Fsp3) is 0.0909. The van der Waals surface area contributed by atoms with Gasteiger partial charge in [0.15, 0.2) is 5.95 Å². The number of H-pyrrole nitrogens is 1. The second-order valence-electron chi connectivity index (χ2n) is 3.53. The van der Waals surface area contributed by atoms with Crippen LogP contribution in [0.1, 0.15) is 5.56 Å². The van der Waals surface area contributed by atoms with E-state index in [9.17, 15) is 4.79 Å². The molecule has 7 heteroatoms. The zero-order valence-corrected chi connectivity index (χ0v) is 10.1. The number of azide groups is 1. The molecule has 0 aliphatic carbocycles. The Balaban J connectivity index is 2.75. The monoisotopic (exact) mass is 261 g/mol. The molecule has 6 nitrogen and oxygen atoms in total. The number of nitrogens with one attached hydrogen (secondary N) is 1. The number of aromatic amines is 1. The highest BCUT2D eigenvalue weighted by molar-refractivity contribution is 6.33. The molecule has 1 aromatic carbocycles. The summed E-state index contributed by atoms with van der Waals surface area (Å²) in [6, 6.07) is 7.02. The van der Waals surface area contributed by atoms with Crippen LogP contribution in [0.2, 0.25) is 5.02 Å². The molecule has 0 unspecified atom stereocenters. The lowest BCUT2D eigenvalue weighted by molar-refractivity contribution is 1.06. The Bertz CT molecular complexity index is 703.